The maximum Gasteiger partial charge on any atom is 0.231 e. The van der Waals surface area contributed by atoms with Crippen molar-refractivity contribution < 1.29 is 18.0 Å². The van der Waals surface area contributed by atoms with E-state index in [4.69, 9.17) is 0 Å². The van der Waals surface area contributed by atoms with Gasteiger partial charge in [0.15, 0.2) is 9.84 Å². The highest BCUT2D eigenvalue weighted by Gasteiger charge is 2.26. The van der Waals surface area contributed by atoms with Gasteiger partial charge in [0.1, 0.15) is 0 Å². The van der Waals surface area contributed by atoms with Gasteiger partial charge in [-0.1, -0.05) is 15.9 Å². The number of benzene rings is 2. The topological polar surface area (TPSA) is 83.5 Å². The fourth-order valence-electron chi connectivity index (χ4n) is 2.93. The molecule has 2 aromatic rings. The molecular formula is C19H19BrN2O4S. The van der Waals surface area contributed by atoms with Gasteiger partial charge in [0.2, 0.25) is 11.8 Å². The van der Waals surface area contributed by atoms with Crippen LogP contribution in [0.2, 0.25) is 0 Å². The van der Waals surface area contributed by atoms with Crippen LogP contribution in [0.3, 0.4) is 0 Å². The lowest BCUT2D eigenvalue weighted by atomic mass is 10.2. The van der Waals surface area contributed by atoms with E-state index >= 15 is 0 Å². The Morgan fingerprint density at radius 3 is 2.67 bits per heavy atom. The summed E-state index contributed by atoms with van der Waals surface area (Å²) in [7, 11) is -1.95. The lowest BCUT2D eigenvalue weighted by Crippen LogP contribution is -2.20. The third-order valence-electron chi connectivity index (χ3n) is 4.53. The molecule has 6 nitrogen and oxygen atoms in total. The van der Waals surface area contributed by atoms with E-state index in [1.54, 1.807) is 19.2 Å². The van der Waals surface area contributed by atoms with Gasteiger partial charge in [0, 0.05) is 29.3 Å². The number of nitrogens with zero attached hydrogens (tertiary/aromatic N) is 1. The number of hydrogen-bond donors (Lipinski definition) is 1. The molecule has 0 saturated carbocycles. The number of hydrogen-bond acceptors (Lipinski definition) is 4. The molecule has 0 fully saturated rings. The number of carbonyl (C=O) groups excluding carboxylic acids is 2. The second kappa shape index (κ2) is 7.44. The smallest absolute Gasteiger partial charge is 0.231 e. The number of halogens is 1. The number of sulfone groups is 1. The standard InChI is InChI=1S/C19H19BrN2O4S/c1-12-9-14(3-5-16(12)20)21-18(23)7-8-27(25,26)15-4-6-17-13(10-15)11-19(24)22(17)2/h3-6,9-10H,7-8,11H2,1-2H3,(H,21,23). The van der Waals surface area contributed by atoms with E-state index in [1.807, 2.05) is 19.1 Å². The van der Waals surface area contributed by atoms with Crippen LogP contribution >= 0.6 is 15.9 Å². The van der Waals surface area contributed by atoms with Crippen molar-refractivity contribution in [2.75, 3.05) is 23.0 Å². The van der Waals surface area contributed by atoms with Crippen LogP contribution in [0.5, 0.6) is 0 Å². The molecule has 0 atom stereocenters. The fourth-order valence-corrected chi connectivity index (χ4v) is 4.46. The molecule has 1 N–H and O–H groups in total. The number of anilines is 2. The van der Waals surface area contributed by atoms with Crippen molar-refractivity contribution in [3.05, 3.63) is 52.0 Å². The molecule has 0 aromatic heterocycles. The van der Waals surface area contributed by atoms with E-state index in [1.165, 1.54) is 17.0 Å². The van der Waals surface area contributed by atoms with Crippen molar-refractivity contribution in [1.29, 1.82) is 0 Å². The Morgan fingerprint density at radius 2 is 1.96 bits per heavy atom. The molecule has 0 bridgehead atoms. The van der Waals surface area contributed by atoms with Crippen molar-refractivity contribution in [2.24, 2.45) is 0 Å². The monoisotopic (exact) mass is 450 g/mol. The lowest BCUT2D eigenvalue weighted by molar-refractivity contribution is -0.117. The van der Waals surface area contributed by atoms with Gasteiger partial charge in [0.05, 0.1) is 17.1 Å². The average molecular weight is 451 g/mol. The molecule has 27 heavy (non-hydrogen) atoms. The van der Waals surface area contributed by atoms with Crippen LogP contribution in [0.1, 0.15) is 17.5 Å². The fraction of sp³-hybridized carbons (Fsp3) is 0.263. The Hall–Kier alpha value is -2.19. The first kappa shape index (κ1) is 19.6. The third kappa shape index (κ3) is 4.22. The van der Waals surface area contributed by atoms with Gasteiger partial charge in [-0.2, -0.15) is 0 Å². The Labute approximate surface area is 166 Å². The highest BCUT2D eigenvalue weighted by molar-refractivity contribution is 9.10. The summed E-state index contributed by atoms with van der Waals surface area (Å²) < 4.78 is 26.1. The van der Waals surface area contributed by atoms with E-state index in [2.05, 4.69) is 21.2 Å². The molecule has 3 rings (SSSR count). The molecule has 0 spiro atoms. The van der Waals surface area contributed by atoms with E-state index in [-0.39, 0.29) is 35.3 Å². The number of carbonyl (C=O) groups is 2. The Kier molecular flexibility index (Phi) is 5.39. The number of nitrogens with one attached hydrogen (secondary N) is 1. The summed E-state index contributed by atoms with van der Waals surface area (Å²) in [5.74, 6) is -0.725. The maximum absolute atomic E-state index is 12.6. The average Bonchev–Trinajstić information content (AvgIpc) is 2.90. The van der Waals surface area contributed by atoms with Crippen LogP contribution in [0.25, 0.3) is 0 Å². The Balaban J connectivity index is 1.66. The number of aryl methyl sites for hydroxylation is 1. The summed E-state index contributed by atoms with van der Waals surface area (Å²) in [6.07, 6.45) is 0.0476. The quantitative estimate of drug-likeness (QED) is 0.758. The molecule has 1 heterocycles. The summed E-state index contributed by atoms with van der Waals surface area (Å²) in [5, 5.41) is 2.71. The highest BCUT2D eigenvalue weighted by atomic mass is 79.9. The Morgan fingerprint density at radius 1 is 1.22 bits per heavy atom. The predicted molar refractivity (Wildman–Crippen MR) is 108 cm³/mol. The number of rotatable bonds is 5. The van der Waals surface area contributed by atoms with Crippen LogP contribution < -0.4 is 10.2 Å². The highest BCUT2D eigenvalue weighted by Crippen LogP contribution is 2.30. The first-order valence-corrected chi connectivity index (χ1v) is 10.8. The molecule has 2 aromatic carbocycles. The molecule has 8 heteroatoms. The number of likely N-dealkylation sites (N-methyl/N-ethyl adjacent to an activating group) is 1. The molecular weight excluding hydrogens is 432 g/mol. The second-order valence-corrected chi connectivity index (χ2v) is 9.46. The molecule has 0 unspecified atom stereocenters. The molecule has 0 saturated heterocycles. The lowest BCUT2D eigenvalue weighted by Gasteiger charge is -2.11. The third-order valence-corrected chi connectivity index (χ3v) is 7.13. The van der Waals surface area contributed by atoms with Gasteiger partial charge in [-0.05, 0) is 54.4 Å². The summed E-state index contributed by atoms with van der Waals surface area (Å²) in [4.78, 5) is 25.5. The van der Waals surface area contributed by atoms with Gasteiger partial charge in [0.25, 0.3) is 0 Å². The summed E-state index contributed by atoms with van der Waals surface area (Å²) in [6, 6.07) is 10.0. The van der Waals surface area contributed by atoms with Gasteiger partial charge in [-0.3, -0.25) is 9.59 Å². The molecule has 1 aliphatic heterocycles. The molecule has 142 valence electrons. The van der Waals surface area contributed by atoms with E-state index in [0.717, 1.165) is 15.7 Å². The van der Waals surface area contributed by atoms with Crippen molar-refractivity contribution in [3.8, 4) is 0 Å². The SMILES string of the molecule is Cc1cc(NC(=O)CCS(=O)(=O)c2ccc3c(c2)CC(=O)N3C)ccc1Br. The first-order valence-electron chi connectivity index (χ1n) is 8.35. The zero-order valence-electron chi connectivity index (χ0n) is 15.0. The van der Waals surface area contributed by atoms with E-state index in [0.29, 0.717) is 11.3 Å². The molecule has 0 radical (unpaired) electrons. The minimum absolute atomic E-state index is 0.0660. The summed E-state index contributed by atoms with van der Waals surface area (Å²) >= 11 is 3.39. The van der Waals surface area contributed by atoms with Gasteiger partial charge in [-0.25, -0.2) is 8.42 Å². The van der Waals surface area contributed by atoms with Gasteiger partial charge >= 0.3 is 0 Å². The van der Waals surface area contributed by atoms with Crippen LogP contribution in [0.15, 0.2) is 45.8 Å². The van der Waals surface area contributed by atoms with Crippen molar-refractivity contribution >= 4 is 49.0 Å². The van der Waals surface area contributed by atoms with E-state index < -0.39 is 9.84 Å². The molecule has 0 aliphatic carbocycles. The zero-order valence-corrected chi connectivity index (χ0v) is 17.4. The zero-order chi connectivity index (χ0) is 19.8. The van der Waals surface area contributed by atoms with Gasteiger partial charge < -0.3 is 10.2 Å². The van der Waals surface area contributed by atoms with Crippen molar-refractivity contribution in [2.45, 2.75) is 24.7 Å². The number of amides is 2. The van der Waals surface area contributed by atoms with E-state index in [9.17, 15) is 18.0 Å². The minimum Gasteiger partial charge on any atom is -0.326 e. The molecule has 2 amide bonds. The van der Waals surface area contributed by atoms with Crippen molar-refractivity contribution in [1.82, 2.24) is 0 Å². The van der Waals surface area contributed by atoms with Crippen molar-refractivity contribution in [3.63, 3.8) is 0 Å². The molecule has 1 aliphatic rings. The summed E-state index contributed by atoms with van der Waals surface area (Å²) in [6.45, 7) is 1.90. The Bertz CT molecular complexity index is 1030. The van der Waals surface area contributed by atoms with Crippen LogP contribution in [0.4, 0.5) is 11.4 Å². The van der Waals surface area contributed by atoms with Crippen LogP contribution in [0, 0.1) is 6.92 Å². The largest absolute Gasteiger partial charge is 0.326 e. The first-order chi connectivity index (χ1) is 12.7. The second-order valence-electron chi connectivity index (χ2n) is 6.50. The normalized spacial score (nSPS) is 13.6. The number of fused-ring (bicyclic) bond motifs is 1. The van der Waals surface area contributed by atoms with Crippen LogP contribution in [-0.4, -0.2) is 33.0 Å². The minimum atomic E-state index is -3.62. The van der Waals surface area contributed by atoms with Gasteiger partial charge in [-0.15, -0.1) is 0 Å². The summed E-state index contributed by atoms with van der Waals surface area (Å²) in [5.41, 5.74) is 3.01. The van der Waals surface area contributed by atoms with Crippen LogP contribution in [-0.2, 0) is 25.8 Å². The maximum atomic E-state index is 12.6. The predicted octanol–water partition coefficient (Wildman–Crippen LogP) is 3.08.